The molecule has 10 nitrogen and oxygen atoms in total. The van der Waals surface area contributed by atoms with Crippen LogP contribution in [0.2, 0.25) is 0 Å². The van der Waals surface area contributed by atoms with Crippen LogP contribution in [0.25, 0.3) is 0 Å². The SMILES string of the molecule is Cc1cc(C(=O)N2CCCC2C(=O)NC2CCCN(c3ncccn3)C2)ccc1[N+](=O)[O-]. The highest BCUT2D eigenvalue weighted by Gasteiger charge is 2.36. The number of carbonyl (C=O) groups excluding carboxylic acids is 2. The van der Waals surface area contributed by atoms with E-state index in [4.69, 9.17) is 0 Å². The second-order valence-corrected chi connectivity index (χ2v) is 8.26. The van der Waals surface area contributed by atoms with Gasteiger partial charge < -0.3 is 15.1 Å². The molecule has 1 aromatic heterocycles. The summed E-state index contributed by atoms with van der Waals surface area (Å²) in [5.74, 6) is 0.219. The fourth-order valence-corrected chi connectivity index (χ4v) is 4.47. The molecule has 2 aliphatic heterocycles. The second-order valence-electron chi connectivity index (χ2n) is 8.26. The maximum Gasteiger partial charge on any atom is 0.272 e. The van der Waals surface area contributed by atoms with Crippen molar-refractivity contribution < 1.29 is 14.5 Å². The Balaban J connectivity index is 1.41. The molecule has 2 saturated heterocycles. The van der Waals surface area contributed by atoms with Gasteiger partial charge in [0.15, 0.2) is 0 Å². The molecule has 2 amide bonds. The normalized spacial score (nSPS) is 20.8. The van der Waals surface area contributed by atoms with Crippen molar-refractivity contribution in [2.24, 2.45) is 0 Å². The number of nitrogens with one attached hydrogen (secondary N) is 1. The van der Waals surface area contributed by atoms with Crippen LogP contribution in [0.15, 0.2) is 36.7 Å². The van der Waals surface area contributed by atoms with E-state index in [0.717, 1.165) is 25.8 Å². The van der Waals surface area contributed by atoms with Gasteiger partial charge in [-0.2, -0.15) is 0 Å². The molecule has 0 spiro atoms. The lowest BCUT2D eigenvalue weighted by Gasteiger charge is -2.34. The fraction of sp³-hybridized carbons (Fsp3) is 0.455. The van der Waals surface area contributed by atoms with E-state index in [-0.39, 0.29) is 23.5 Å². The van der Waals surface area contributed by atoms with E-state index in [9.17, 15) is 19.7 Å². The molecule has 0 bridgehead atoms. The van der Waals surface area contributed by atoms with Crippen LogP contribution >= 0.6 is 0 Å². The van der Waals surface area contributed by atoms with Crippen molar-refractivity contribution in [2.75, 3.05) is 24.5 Å². The predicted octanol–water partition coefficient (Wildman–Crippen LogP) is 2.08. The first-order valence-corrected chi connectivity index (χ1v) is 10.8. The number of piperidine rings is 1. The Morgan fingerprint density at radius 1 is 1.16 bits per heavy atom. The predicted molar refractivity (Wildman–Crippen MR) is 117 cm³/mol. The topological polar surface area (TPSA) is 122 Å². The van der Waals surface area contributed by atoms with Crippen molar-refractivity contribution in [1.82, 2.24) is 20.2 Å². The lowest BCUT2D eigenvalue weighted by Crippen LogP contribution is -2.53. The quantitative estimate of drug-likeness (QED) is 0.560. The Bertz CT molecular complexity index is 1010. The maximum absolute atomic E-state index is 13.1. The molecular weight excluding hydrogens is 412 g/mol. The van der Waals surface area contributed by atoms with Crippen molar-refractivity contribution in [3.8, 4) is 0 Å². The number of likely N-dealkylation sites (tertiary alicyclic amines) is 1. The van der Waals surface area contributed by atoms with Crippen LogP contribution in [-0.4, -0.2) is 63.3 Å². The van der Waals surface area contributed by atoms with Crippen LogP contribution in [0.4, 0.5) is 11.6 Å². The summed E-state index contributed by atoms with van der Waals surface area (Å²) in [7, 11) is 0. The zero-order chi connectivity index (χ0) is 22.7. The molecule has 10 heteroatoms. The number of aromatic nitrogens is 2. The van der Waals surface area contributed by atoms with Crippen LogP contribution in [0, 0.1) is 17.0 Å². The molecule has 3 heterocycles. The summed E-state index contributed by atoms with van der Waals surface area (Å²) in [6.07, 6.45) is 6.51. The highest BCUT2D eigenvalue weighted by atomic mass is 16.6. The molecule has 32 heavy (non-hydrogen) atoms. The molecule has 1 N–H and O–H groups in total. The lowest BCUT2D eigenvalue weighted by atomic mass is 10.0. The first-order chi connectivity index (χ1) is 15.4. The van der Waals surface area contributed by atoms with Crippen LogP contribution in [-0.2, 0) is 4.79 Å². The maximum atomic E-state index is 13.1. The van der Waals surface area contributed by atoms with Crippen LogP contribution in [0.5, 0.6) is 0 Å². The minimum absolute atomic E-state index is 0.0264. The number of aryl methyl sites for hydroxylation is 1. The van der Waals surface area contributed by atoms with Crippen LogP contribution in [0.1, 0.15) is 41.6 Å². The molecule has 2 fully saturated rings. The Morgan fingerprint density at radius 3 is 2.62 bits per heavy atom. The summed E-state index contributed by atoms with van der Waals surface area (Å²) in [6, 6.07) is 5.51. The van der Waals surface area contributed by atoms with Crippen LogP contribution in [0.3, 0.4) is 0 Å². The molecule has 2 aromatic rings. The van der Waals surface area contributed by atoms with Gasteiger partial charge in [0.1, 0.15) is 6.04 Å². The molecule has 2 unspecified atom stereocenters. The first kappa shape index (κ1) is 21.7. The van der Waals surface area contributed by atoms with E-state index < -0.39 is 11.0 Å². The average Bonchev–Trinajstić information content (AvgIpc) is 3.29. The number of carbonyl (C=O) groups is 2. The monoisotopic (exact) mass is 438 g/mol. The van der Waals surface area contributed by atoms with Crippen molar-refractivity contribution >= 4 is 23.5 Å². The summed E-state index contributed by atoms with van der Waals surface area (Å²) in [4.78, 5) is 49.0. The average molecular weight is 438 g/mol. The minimum atomic E-state index is -0.540. The number of hydrogen-bond donors (Lipinski definition) is 1. The third kappa shape index (κ3) is 4.53. The van der Waals surface area contributed by atoms with Gasteiger partial charge in [0.2, 0.25) is 11.9 Å². The van der Waals surface area contributed by atoms with E-state index in [1.165, 1.54) is 18.2 Å². The number of amides is 2. The Hall–Kier alpha value is -3.56. The Morgan fingerprint density at radius 2 is 1.91 bits per heavy atom. The van der Waals surface area contributed by atoms with Gasteiger partial charge >= 0.3 is 0 Å². The van der Waals surface area contributed by atoms with Gasteiger partial charge in [-0.25, -0.2) is 9.97 Å². The second kappa shape index (κ2) is 9.29. The van der Waals surface area contributed by atoms with E-state index in [1.54, 1.807) is 30.3 Å². The summed E-state index contributed by atoms with van der Waals surface area (Å²) >= 11 is 0. The van der Waals surface area contributed by atoms with Crippen LogP contribution < -0.4 is 10.2 Å². The van der Waals surface area contributed by atoms with Gasteiger partial charge in [-0.05, 0) is 50.8 Å². The number of nitrogens with zero attached hydrogens (tertiary/aromatic N) is 5. The number of rotatable bonds is 5. The Labute approximate surface area is 185 Å². The number of hydrogen-bond acceptors (Lipinski definition) is 7. The van der Waals surface area contributed by atoms with Gasteiger partial charge in [0.05, 0.1) is 4.92 Å². The van der Waals surface area contributed by atoms with E-state index in [1.807, 2.05) is 0 Å². The van der Waals surface area contributed by atoms with Gasteiger partial charge in [-0.3, -0.25) is 19.7 Å². The Kier molecular flexibility index (Phi) is 6.29. The summed E-state index contributed by atoms with van der Waals surface area (Å²) in [6.45, 7) is 3.55. The third-order valence-electron chi connectivity index (χ3n) is 6.06. The van der Waals surface area contributed by atoms with Gasteiger partial charge in [0.25, 0.3) is 11.6 Å². The van der Waals surface area contributed by atoms with Crippen molar-refractivity contribution in [3.05, 3.63) is 57.9 Å². The molecule has 0 saturated carbocycles. The fourth-order valence-electron chi connectivity index (χ4n) is 4.47. The molecule has 0 aliphatic carbocycles. The first-order valence-electron chi connectivity index (χ1n) is 10.8. The molecule has 4 rings (SSSR count). The summed E-state index contributed by atoms with van der Waals surface area (Å²) < 4.78 is 0. The number of benzene rings is 1. The highest BCUT2D eigenvalue weighted by Crippen LogP contribution is 2.24. The molecule has 1 aromatic carbocycles. The zero-order valence-corrected chi connectivity index (χ0v) is 17.9. The molecule has 2 aliphatic rings. The smallest absolute Gasteiger partial charge is 0.272 e. The lowest BCUT2D eigenvalue weighted by molar-refractivity contribution is -0.385. The van der Waals surface area contributed by atoms with Crippen molar-refractivity contribution in [3.63, 3.8) is 0 Å². The molecule has 0 radical (unpaired) electrons. The van der Waals surface area contributed by atoms with Gasteiger partial charge in [-0.1, -0.05) is 0 Å². The summed E-state index contributed by atoms with van der Waals surface area (Å²) in [5, 5.41) is 14.2. The number of anilines is 1. The third-order valence-corrected chi connectivity index (χ3v) is 6.06. The van der Waals surface area contributed by atoms with Gasteiger partial charge in [0, 0.05) is 55.3 Å². The zero-order valence-electron chi connectivity index (χ0n) is 17.9. The minimum Gasteiger partial charge on any atom is -0.350 e. The largest absolute Gasteiger partial charge is 0.350 e. The standard InChI is InChI=1S/C22H26N6O4/c1-15-13-16(7-8-18(15)28(31)32)21(30)27-12-3-6-19(27)20(29)25-17-5-2-11-26(14-17)22-23-9-4-10-24-22/h4,7-10,13,17,19H,2-3,5-6,11-12,14H2,1H3,(H,25,29). The van der Waals surface area contributed by atoms with E-state index in [0.29, 0.717) is 36.6 Å². The van der Waals surface area contributed by atoms with E-state index in [2.05, 4.69) is 20.2 Å². The number of nitro benzene ring substituents is 1. The number of nitro groups is 1. The highest BCUT2D eigenvalue weighted by molar-refractivity contribution is 5.98. The summed E-state index contributed by atoms with van der Waals surface area (Å²) in [5.41, 5.74) is 0.755. The molecular formula is C22H26N6O4. The molecule has 168 valence electrons. The van der Waals surface area contributed by atoms with E-state index >= 15 is 0 Å². The van der Waals surface area contributed by atoms with Crippen molar-refractivity contribution in [1.29, 1.82) is 0 Å². The molecule has 2 atom stereocenters. The van der Waals surface area contributed by atoms with Crippen molar-refractivity contribution in [2.45, 2.75) is 44.7 Å². The van der Waals surface area contributed by atoms with Gasteiger partial charge in [-0.15, -0.1) is 0 Å².